The molecule has 0 aromatic heterocycles. The van der Waals surface area contributed by atoms with Gasteiger partial charge in [0.05, 0.1) is 0 Å². The Hall–Kier alpha value is -1.88. The third-order valence-corrected chi connectivity index (χ3v) is 5.55. The van der Waals surface area contributed by atoms with Gasteiger partial charge in [-0.15, -0.1) is 0 Å². The van der Waals surface area contributed by atoms with Crippen molar-refractivity contribution in [1.82, 2.24) is 9.80 Å². The van der Waals surface area contributed by atoms with Gasteiger partial charge in [0.2, 0.25) is 11.8 Å². The van der Waals surface area contributed by atoms with Crippen molar-refractivity contribution >= 4 is 17.5 Å². The molecule has 2 aliphatic rings. The molecule has 0 aliphatic carbocycles. The zero-order chi connectivity index (χ0) is 18.0. The highest BCUT2D eigenvalue weighted by molar-refractivity contribution is 5.96. The number of carbonyl (C=O) groups is 2. The van der Waals surface area contributed by atoms with Crippen molar-refractivity contribution in [2.45, 2.75) is 38.6 Å². The molecule has 25 heavy (non-hydrogen) atoms. The maximum absolute atomic E-state index is 12.5. The van der Waals surface area contributed by atoms with E-state index in [1.165, 1.54) is 5.56 Å². The molecule has 2 heterocycles. The van der Waals surface area contributed by atoms with Crippen molar-refractivity contribution in [2.75, 3.05) is 38.6 Å². The summed E-state index contributed by atoms with van der Waals surface area (Å²) < 4.78 is 0. The number of nitrogens with zero attached hydrogens (tertiary/aromatic N) is 3. The third-order valence-electron chi connectivity index (χ3n) is 5.55. The summed E-state index contributed by atoms with van der Waals surface area (Å²) in [5, 5.41) is 0. The summed E-state index contributed by atoms with van der Waals surface area (Å²) in [5.41, 5.74) is 2.25. The van der Waals surface area contributed by atoms with Gasteiger partial charge in [0, 0.05) is 44.2 Å². The number of benzene rings is 1. The normalized spacial score (nSPS) is 23.3. The van der Waals surface area contributed by atoms with Crippen LogP contribution in [0.2, 0.25) is 0 Å². The average Bonchev–Trinajstić information content (AvgIpc) is 2.99. The quantitative estimate of drug-likeness (QED) is 0.823. The Morgan fingerprint density at radius 2 is 1.96 bits per heavy atom. The van der Waals surface area contributed by atoms with Crippen molar-refractivity contribution in [2.24, 2.45) is 5.92 Å². The van der Waals surface area contributed by atoms with E-state index in [1.807, 2.05) is 28.0 Å². The monoisotopic (exact) mass is 343 g/mol. The van der Waals surface area contributed by atoms with Crippen molar-refractivity contribution in [3.63, 3.8) is 0 Å². The molecule has 1 saturated heterocycles. The van der Waals surface area contributed by atoms with Gasteiger partial charge < -0.3 is 14.7 Å². The second-order valence-corrected chi connectivity index (χ2v) is 7.58. The largest absolute Gasteiger partial charge is 0.341 e. The van der Waals surface area contributed by atoms with E-state index in [4.69, 9.17) is 0 Å². The molecule has 5 heteroatoms. The Balaban J connectivity index is 1.53. The molecule has 2 atom stereocenters. The summed E-state index contributed by atoms with van der Waals surface area (Å²) in [6.45, 7) is 4.50. The predicted molar refractivity (Wildman–Crippen MR) is 99.6 cm³/mol. The molecule has 0 bridgehead atoms. The number of likely N-dealkylation sites (N-methyl/N-ethyl adjacent to an activating group) is 1. The second kappa shape index (κ2) is 7.56. The van der Waals surface area contributed by atoms with Crippen LogP contribution in [0.5, 0.6) is 0 Å². The van der Waals surface area contributed by atoms with E-state index in [0.29, 0.717) is 31.3 Å². The third kappa shape index (κ3) is 3.87. The SMILES string of the molecule is C[C@H]1CN(C(=O)CCCN2C(=O)CCc3ccccc32)C[C@@H]1N(C)C. The maximum atomic E-state index is 12.5. The first-order valence-electron chi connectivity index (χ1n) is 9.30. The van der Waals surface area contributed by atoms with Crippen LogP contribution in [0.1, 0.15) is 31.7 Å². The van der Waals surface area contributed by atoms with Crippen LogP contribution < -0.4 is 4.90 Å². The van der Waals surface area contributed by atoms with Gasteiger partial charge in [-0.25, -0.2) is 0 Å². The first-order valence-corrected chi connectivity index (χ1v) is 9.30. The molecule has 0 radical (unpaired) electrons. The number of anilines is 1. The van der Waals surface area contributed by atoms with E-state index in [9.17, 15) is 9.59 Å². The number of hydrogen-bond acceptors (Lipinski definition) is 3. The molecular weight excluding hydrogens is 314 g/mol. The second-order valence-electron chi connectivity index (χ2n) is 7.58. The minimum absolute atomic E-state index is 0.175. The Bertz CT molecular complexity index is 644. The van der Waals surface area contributed by atoms with E-state index in [2.05, 4.69) is 32.0 Å². The Morgan fingerprint density at radius 1 is 1.20 bits per heavy atom. The van der Waals surface area contributed by atoms with Gasteiger partial charge in [0.15, 0.2) is 0 Å². The van der Waals surface area contributed by atoms with Crippen LogP contribution >= 0.6 is 0 Å². The van der Waals surface area contributed by atoms with Gasteiger partial charge in [-0.2, -0.15) is 0 Å². The van der Waals surface area contributed by atoms with Crippen molar-refractivity contribution < 1.29 is 9.59 Å². The van der Waals surface area contributed by atoms with Crippen molar-refractivity contribution in [3.05, 3.63) is 29.8 Å². The summed E-state index contributed by atoms with van der Waals surface area (Å²) in [6.07, 6.45) is 2.62. The fraction of sp³-hybridized carbons (Fsp3) is 0.600. The van der Waals surface area contributed by atoms with Crippen LogP contribution in [0, 0.1) is 5.92 Å². The number of hydrogen-bond donors (Lipinski definition) is 0. The molecule has 1 aromatic rings. The Morgan fingerprint density at radius 3 is 2.68 bits per heavy atom. The van der Waals surface area contributed by atoms with E-state index < -0.39 is 0 Å². The van der Waals surface area contributed by atoms with Crippen LogP contribution in [-0.2, 0) is 16.0 Å². The molecule has 2 aliphatic heterocycles. The molecule has 1 aromatic carbocycles. The lowest BCUT2D eigenvalue weighted by Crippen LogP contribution is -2.37. The summed E-state index contributed by atoms with van der Waals surface area (Å²) in [4.78, 5) is 30.9. The van der Waals surface area contributed by atoms with Crippen LogP contribution in [0.4, 0.5) is 5.69 Å². The molecule has 3 rings (SSSR count). The summed E-state index contributed by atoms with van der Waals surface area (Å²) in [7, 11) is 4.16. The zero-order valence-electron chi connectivity index (χ0n) is 15.6. The molecule has 0 unspecified atom stereocenters. The minimum Gasteiger partial charge on any atom is -0.341 e. The van der Waals surface area contributed by atoms with E-state index in [-0.39, 0.29) is 11.8 Å². The molecular formula is C20H29N3O2. The number of rotatable bonds is 5. The highest BCUT2D eigenvalue weighted by Gasteiger charge is 2.33. The zero-order valence-corrected chi connectivity index (χ0v) is 15.6. The van der Waals surface area contributed by atoms with Gasteiger partial charge in [0.25, 0.3) is 0 Å². The van der Waals surface area contributed by atoms with Crippen molar-refractivity contribution in [3.8, 4) is 0 Å². The Kier molecular flexibility index (Phi) is 5.42. The average molecular weight is 343 g/mol. The molecule has 0 saturated carbocycles. The van der Waals surface area contributed by atoms with E-state index in [1.54, 1.807) is 0 Å². The number of para-hydroxylation sites is 1. The first kappa shape index (κ1) is 17.9. The van der Waals surface area contributed by atoms with Crippen molar-refractivity contribution in [1.29, 1.82) is 0 Å². The summed E-state index contributed by atoms with van der Waals surface area (Å²) in [5.74, 6) is 0.900. The molecule has 136 valence electrons. The number of amides is 2. The maximum Gasteiger partial charge on any atom is 0.227 e. The number of fused-ring (bicyclic) bond motifs is 1. The van der Waals surface area contributed by atoms with E-state index in [0.717, 1.165) is 31.6 Å². The number of carbonyl (C=O) groups excluding carboxylic acids is 2. The molecule has 0 spiro atoms. The summed E-state index contributed by atoms with van der Waals surface area (Å²) >= 11 is 0. The lowest BCUT2D eigenvalue weighted by molar-refractivity contribution is -0.130. The van der Waals surface area contributed by atoms with Gasteiger partial charge in [0.1, 0.15) is 0 Å². The van der Waals surface area contributed by atoms with Crippen LogP contribution in [0.25, 0.3) is 0 Å². The first-order chi connectivity index (χ1) is 12.0. The number of aryl methyl sites for hydroxylation is 1. The lowest BCUT2D eigenvalue weighted by Gasteiger charge is -2.29. The van der Waals surface area contributed by atoms with Gasteiger partial charge in [-0.3, -0.25) is 9.59 Å². The lowest BCUT2D eigenvalue weighted by atomic mass is 10.0. The molecule has 5 nitrogen and oxygen atoms in total. The van der Waals surface area contributed by atoms with Crippen LogP contribution in [-0.4, -0.2) is 61.4 Å². The summed E-state index contributed by atoms with van der Waals surface area (Å²) in [6, 6.07) is 8.54. The minimum atomic E-state index is 0.175. The topological polar surface area (TPSA) is 43.9 Å². The molecule has 2 amide bonds. The van der Waals surface area contributed by atoms with Crippen LogP contribution in [0.3, 0.4) is 0 Å². The number of likely N-dealkylation sites (tertiary alicyclic amines) is 1. The highest BCUT2D eigenvalue weighted by Crippen LogP contribution is 2.28. The fourth-order valence-electron chi connectivity index (χ4n) is 4.11. The molecule has 0 N–H and O–H groups in total. The van der Waals surface area contributed by atoms with Gasteiger partial charge in [-0.05, 0) is 44.5 Å². The van der Waals surface area contributed by atoms with Crippen LogP contribution in [0.15, 0.2) is 24.3 Å². The fourth-order valence-corrected chi connectivity index (χ4v) is 4.11. The Labute approximate surface area is 150 Å². The van der Waals surface area contributed by atoms with Gasteiger partial charge in [-0.1, -0.05) is 25.1 Å². The standard InChI is InChI=1S/C20H29N3O2/c1-15-13-22(14-18(15)21(2)3)19(24)9-6-12-23-17-8-5-4-7-16(17)10-11-20(23)25/h4-5,7-8,15,18H,6,9-14H2,1-3H3/t15-,18-/m0/s1. The predicted octanol–water partition coefficient (Wildman–Crippen LogP) is 2.15. The van der Waals surface area contributed by atoms with E-state index >= 15 is 0 Å². The molecule has 1 fully saturated rings. The smallest absolute Gasteiger partial charge is 0.227 e. The van der Waals surface area contributed by atoms with Gasteiger partial charge >= 0.3 is 0 Å². The highest BCUT2D eigenvalue weighted by atomic mass is 16.2.